The molecule has 180 valence electrons. The summed E-state index contributed by atoms with van der Waals surface area (Å²) in [5.74, 6) is -2.78. The molecule has 0 aromatic heterocycles. The van der Waals surface area contributed by atoms with Gasteiger partial charge in [-0.1, -0.05) is 24.3 Å². The maximum Gasteiger partial charge on any atom is 0.490 e. The van der Waals surface area contributed by atoms with Crippen molar-refractivity contribution in [3.63, 3.8) is 0 Å². The van der Waals surface area contributed by atoms with Gasteiger partial charge in [0, 0.05) is 13.0 Å². The molecule has 2 atom stereocenters. The normalized spacial score (nSPS) is 19.2. The molecular weight excluding hydrogens is 456 g/mol. The summed E-state index contributed by atoms with van der Waals surface area (Å²) in [5.41, 5.74) is 0.455. The molecule has 0 saturated carbocycles. The SMILES string of the molecule is C[C@@H](c1cccc(C#N)c1)N1CCC(CCCOC(=O)C(F)(F)F)(c2ccc(F)cc2)OC1=O. The second-order valence-electron chi connectivity index (χ2n) is 7.96. The first-order valence-corrected chi connectivity index (χ1v) is 10.6. The molecule has 1 unspecified atom stereocenters. The van der Waals surface area contributed by atoms with Crippen molar-refractivity contribution >= 4 is 12.1 Å². The van der Waals surface area contributed by atoms with Crippen molar-refractivity contribution in [1.29, 1.82) is 5.26 Å². The van der Waals surface area contributed by atoms with Gasteiger partial charge in [0.05, 0.1) is 24.3 Å². The van der Waals surface area contributed by atoms with Crippen molar-refractivity contribution in [3.05, 3.63) is 71.0 Å². The monoisotopic (exact) mass is 478 g/mol. The van der Waals surface area contributed by atoms with E-state index in [1.807, 2.05) is 6.07 Å². The molecule has 1 fully saturated rings. The second kappa shape index (κ2) is 10.1. The Labute approximate surface area is 193 Å². The zero-order valence-corrected chi connectivity index (χ0v) is 18.3. The van der Waals surface area contributed by atoms with Crippen LogP contribution in [-0.4, -0.2) is 36.3 Å². The minimum absolute atomic E-state index is 0.00769. The molecule has 0 aliphatic carbocycles. The predicted molar refractivity (Wildman–Crippen MR) is 112 cm³/mol. The predicted octanol–water partition coefficient (Wildman–Crippen LogP) is 5.38. The Kier molecular flexibility index (Phi) is 7.44. The third kappa shape index (κ3) is 5.65. The van der Waals surface area contributed by atoms with Gasteiger partial charge in [0.25, 0.3) is 0 Å². The van der Waals surface area contributed by atoms with Crippen LogP contribution in [0, 0.1) is 17.1 Å². The van der Waals surface area contributed by atoms with Gasteiger partial charge < -0.3 is 14.4 Å². The molecule has 1 heterocycles. The van der Waals surface area contributed by atoms with Crippen LogP contribution in [0.15, 0.2) is 48.5 Å². The number of esters is 1. The summed E-state index contributed by atoms with van der Waals surface area (Å²) in [6, 6.07) is 13.8. The zero-order chi connectivity index (χ0) is 24.9. The first-order valence-electron chi connectivity index (χ1n) is 10.6. The van der Waals surface area contributed by atoms with Gasteiger partial charge in [-0.05, 0) is 55.2 Å². The Bertz CT molecular complexity index is 1080. The van der Waals surface area contributed by atoms with Crippen LogP contribution >= 0.6 is 0 Å². The first kappa shape index (κ1) is 25.0. The molecule has 0 radical (unpaired) electrons. The van der Waals surface area contributed by atoms with Crippen LogP contribution in [0.3, 0.4) is 0 Å². The zero-order valence-electron chi connectivity index (χ0n) is 18.3. The summed E-state index contributed by atoms with van der Waals surface area (Å²) in [5, 5.41) is 9.13. The first-order chi connectivity index (χ1) is 16.1. The lowest BCUT2D eigenvalue weighted by Crippen LogP contribution is -2.48. The third-order valence-electron chi connectivity index (χ3n) is 5.80. The highest BCUT2D eigenvalue weighted by atomic mass is 19.4. The summed E-state index contributed by atoms with van der Waals surface area (Å²) in [7, 11) is 0. The molecule has 10 heteroatoms. The van der Waals surface area contributed by atoms with Crippen LogP contribution in [0.1, 0.15) is 48.9 Å². The minimum Gasteiger partial charge on any atom is -0.459 e. The fourth-order valence-corrected chi connectivity index (χ4v) is 3.95. The van der Waals surface area contributed by atoms with Crippen molar-refractivity contribution in [1.82, 2.24) is 4.90 Å². The number of nitrogens with zero attached hydrogens (tertiary/aromatic N) is 2. The summed E-state index contributed by atoms with van der Waals surface area (Å²) in [6.45, 7) is 1.52. The summed E-state index contributed by atoms with van der Waals surface area (Å²) in [6.07, 6.45) is -5.41. The Balaban J connectivity index is 1.76. The summed E-state index contributed by atoms with van der Waals surface area (Å²) in [4.78, 5) is 25.5. The van der Waals surface area contributed by atoms with Crippen LogP contribution in [-0.2, 0) is 19.9 Å². The highest BCUT2D eigenvalue weighted by Crippen LogP contribution is 2.40. The number of nitriles is 1. The van der Waals surface area contributed by atoms with Gasteiger partial charge >= 0.3 is 18.2 Å². The molecule has 1 aliphatic heterocycles. The number of cyclic esters (lactones) is 1. The second-order valence-corrected chi connectivity index (χ2v) is 7.96. The Morgan fingerprint density at radius 2 is 1.97 bits per heavy atom. The standard InChI is InChI=1S/C24H22F4N2O4/c1-16(18-5-2-4-17(14-18)15-29)30-12-11-23(34-22(30)32,19-6-8-20(25)9-7-19)10-3-13-33-21(31)24(26,27)28/h2,4-9,14,16H,3,10-13H2,1H3/t16-,23?/m0/s1. The van der Waals surface area contributed by atoms with Gasteiger partial charge in [0.2, 0.25) is 0 Å². The smallest absolute Gasteiger partial charge is 0.459 e. The summed E-state index contributed by atoms with van der Waals surface area (Å²) >= 11 is 0. The van der Waals surface area contributed by atoms with Gasteiger partial charge in [-0.25, -0.2) is 14.0 Å². The third-order valence-corrected chi connectivity index (χ3v) is 5.80. The number of rotatable bonds is 7. The molecule has 0 spiro atoms. The van der Waals surface area contributed by atoms with E-state index in [2.05, 4.69) is 4.74 Å². The number of hydrogen-bond donors (Lipinski definition) is 0. The van der Waals surface area contributed by atoms with Crippen molar-refractivity contribution in [2.75, 3.05) is 13.2 Å². The molecule has 3 rings (SSSR count). The van der Waals surface area contributed by atoms with Crippen LogP contribution in [0.5, 0.6) is 0 Å². The molecule has 1 aliphatic rings. The minimum atomic E-state index is -5.09. The van der Waals surface area contributed by atoms with Crippen molar-refractivity contribution < 1.29 is 36.6 Å². The molecule has 0 bridgehead atoms. The van der Waals surface area contributed by atoms with Crippen LogP contribution in [0.2, 0.25) is 0 Å². The molecule has 1 amide bonds. The summed E-state index contributed by atoms with van der Waals surface area (Å²) < 4.78 is 60.7. The van der Waals surface area contributed by atoms with E-state index in [4.69, 9.17) is 10.00 Å². The van der Waals surface area contributed by atoms with E-state index in [-0.39, 0.29) is 25.8 Å². The van der Waals surface area contributed by atoms with E-state index in [9.17, 15) is 27.2 Å². The number of benzene rings is 2. The fourth-order valence-electron chi connectivity index (χ4n) is 3.95. The average molecular weight is 478 g/mol. The van der Waals surface area contributed by atoms with Gasteiger partial charge in [-0.2, -0.15) is 18.4 Å². The number of halogens is 4. The van der Waals surface area contributed by atoms with E-state index in [1.54, 1.807) is 31.2 Å². The average Bonchev–Trinajstić information content (AvgIpc) is 2.81. The molecule has 2 aromatic carbocycles. The molecule has 34 heavy (non-hydrogen) atoms. The maximum atomic E-state index is 13.5. The number of carbonyl (C=O) groups is 2. The van der Waals surface area contributed by atoms with Crippen molar-refractivity contribution in [2.45, 2.75) is 44.0 Å². The van der Waals surface area contributed by atoms with Crippen LogP contribution in [0.25, 0.3) is 0 Å². The Morgan fingerprint density at radius 3 is 2.59 bits per heavy atom. The maximum absolute atomic E-state index is 13.5. The van der Waals surface area contributed by atoms with Crippen LogP contribution in [0.4, 0.5) is 22.4 Å². The van der Waals surface area contributed by atoms with Gasteiger partial charge in [-0.3, -0.25) is 0 Å². The molecule has 1 saturated heterocycles. The number of amides is 1. The van der Waals surface area contributed by atoms with E-state index >= 15 is 0 Å². The van der Waals surface area contributed by atoms with Gasteiger partial charge in [0.15, 0.2) is 0 Å². The largest absolute Gasteiger partial charge is 0.490 e. The van der Waals surface area contributed by atoms with E-state index in [1.165, 1.54) is 29.2 Å². The highest BCUT2D eigenvalue weighted by molar-refractivity contribution is 5.75. The van der Waals surface area contributed by atoms with Gasteiger partial charge in [-0.15, -0.1) is 0 Å². The Hall–Kier alpha value is -3.61. The van der Waals surface area contributed by atoms with E-state index in [0.717, 1.165) is 5.56 Å². The van der Waals surface area contributed by atoms with E-state index in [0.29, 0.717) is 11.1 Å². The molecular formula is C24H22F4N2O4. The highest BCUT2D eigenvalue weighted by Gasteiger charge is 2.44. The van der Waals surface area contributed by atoms with Crippen molar-refractivity contribution in [2.24, 2.45) is 0 Å². The van der Waals surface area contributed by atoms with Crippen molar-refractivity contribution in [3.8, 4) is 6.07 Å². The number of alkyl halides is 3. The van der Waals surface area contributed by atoms with Crippen LogP contribution < -0.4 is 0 Å². The quantitative estimate of drug-likeness (QED) is 0.303. The molecule has 6 nitrogen and oxygen atoms in total. The van der Waals surface area contributed by atoms with Gasteiger partial charge in [0.1, 0.15) is 11.4 Å². The lowest BCUT2D eigenvalue weighted by Gasteiger charge is -2.43. The van der Waals surface area contributed by atoms with E-state index < -0.39 is 42.3 Å². The lowest BCUT2D eigenvalue weighted by atomic mass is 9.84. The number of hydrogen-bond acceptors (Lipinski definition) is 5. The number of ether oxygens (including phenoxy) is 2. The lowest BCUT2D eigenvalue weighted by molar-refractivity contribution is -0.200. The topological polar surface area (TPSA) is 79.6 Å². The molecule has 2 aromatic rings. The Morgan fingerprint density at radius 1 is 1.26 bits per heavy atom. The molecule has 0 N–H and O–H groups in total. The number of carbonyl (C=O) groups excluding carboxylic acids is 2. The fraction of sp³-hybridized carbons (Fsp3) is 0.375.